The number of hydrogen-bond acceptors (Lipinski definition) is 7. The SMILES string of the molecule is COc1cc2c(Oc3ccc(NSc4cccc5ccccc45)cc3F)ccnc2cc1OCCCN1CCC(C)CC1. The third-order valence-electron chi connectivity index (χ3n) is 7.92. The van der Waals surface area contributed by atoms with Gasteiger partial charge in [-0.05, 0) is 91.3 Å². The first-order chi connectivity index (χ1) is 21.1. The van der Waals surface area contributed by atoms with Gasteiger partial charge < -0.3 is 23.8 Å². The van der Waals surface area contributed by atoms with Crippen LogP contribution in [0, 0.1) is 11.7 Å². The largest absolute Gasteiger partial charge is 0.493 e. The zero-order chi connectivity index (χ0) is 29.6. The van der Waals surface area contributed by atoms with Crippen molar-refractivity contribution in [3.05, 3.63) is 90.9 Å². The normalized spacial score (nSPS) is 14.2. The van der Waals surface area contributed by atoms with Crippen LogP contribution in [0.3, 0.4) is 0 Å². The van der Waals surface area contributed by atoms with Crippen molar-refractivity contribution >= 4 is 39.3 Å². The monoisotopic (exact) mass is 597 g/mol. The Hall–Kier alpha value is -4.01. The number of halogens is 1. The van der Waals surface area contributed by atoms with Gasteiger partial charge in [0, 0.05) is 40.8 Å². The van der Waals surface area contributed by atoms with E-state index in [2.05, 4.69) is 39.7 Å². The maximum Gasteiger partial charge on any atom is 0.167 e. The van der Waals surface area contributed by atoms with E-state index in [1.165, 1.54) is 30.9 Å². The number of fused-ring (bicyclic) bond motifs is 2. The molecule has 6 nitrogen and oxygen atoms in total. The fourth-order valence-electron chi connectivity index (χ4n) is 5.41. The minimum Gasteiger partial charge on any atom is -0.493 e. The number of nitrogens with one attached hydrogen (secondary N) is 1. The van der Waals surface area contributed by atoms with E-state index in [1.54, 1.807) is 31.5 Å². The summed E-state index contributed by atoms with van der Waals surface area (Å²) in [5, 5.41) is 3.01. The number of nitrogens with zero attached hydrogens (tertiary/aromatic N) is 2. The Morgan fingerprint density at radius 3 is 2.58 bits per heavy atom. The van der Waals surface area contributed by atoms with Gasteiger partial charge in [-0.1, -0.05) is 43.3 Å². The number of methoxy groups -OCH3 is 1. The molecule has 5 aromatic rings. The zero-order valence-electron chi connectivity index (χ0n) is 24.5. The van der Waals surface area contributed by atoms with Gasteiger partial charge in [-0.2, -0.15) is 0 Å². The highest BCUT2D eigenvalue weighted by molar-refractivity contribution is 8.00. The Kier molecular flexibility index (Phi) is 9.15. The second kappa shape index (κ2) is 13.5. The number of piperidine rings is 1. The van der Waals surface area contributed by atoms with Gasteiger partial charge in [0.15, 0.2) is 23.1 Å². The van der Waals surface area contributed by atoms with Crippen LogP contribution in [0.1, 0.15) is 26.2 Å². The van der Waals surface area contributed by atoms with Crippen molar-refractivity contribution in [1.29, 1.82) is 0 Å². The molecule has 1 saturated heterocycles. The predicted octanol–water partition coefficient (Wildman–Crippen LogP) is 8.95. The maximum atomic E-state index is 15.2. The Balaban J connectivity index is 1.12. The van der Waals surface area contributed by atoms with Gasteiger partial charge >= 0.3 is 0 Å². The summed E-state index contributed by atoms with van der Waals surface area (Å²) in [7, 11) is 1.61. The van der Waals surface area contributed by atoms with Crippen LogP contribution in [0.2, 0.25) is 0 Å². The van der Waals surface area contributed by atoms with Gasteiger partial charge in [0.2, 0.25) is 0 Å². The zero-order valence-corrected chi connectivity index (χ0v) is 25.3. The summed E-state index contributed by atoms with van der Waals surface area (Å²) >= 11 is 1.45. The Morgan fingerprint density at radius 2 is 1.74 bits per heavy atom. The van der Waals surface area contributed by atoms with Crippen molar-refractivity contribution < 1.29 is 18.6 Å². The third kappa shape index (κ3) is 6.98. The molecular formula is C35H36FN3O3S. The number of anilines is 1. The van der Waals surface area contributed by atoms with Crippen molar-refractivity contribution in [3.8, 4) is 23.0 Å². The van der Waals surface area contributed by atoms with Gasteiger partial charge in [-0.25, -0.2) is 4.39 Å². The van der Waals surface area contributed by atoms with Crippen LogP contribution in [-0.2, 0) is 0 Å². The molecule has 1 fully saturated rings. The second-order valence-electron chi connectivity index (χ2n) is 11.0. The molecular weight excluding hydrogens is 561 g/mol. The van der Waals surface area contributed by atoms with Crippen molar-refractivity contribution in [2.45, 2.75) is 31.1 Å². The summed E-state index contributed by atoms with van der Waals surface area (Å²) < 4.78 is 36.3. The number of hydrogen-bond donors (Lipinski definition) is 1. The van der Waals surface area contributed by atoms with E-state index in [0.717, 1.165) is 47.6 Å². The van der Waals surface area contributed by atoms with E-state index in [1.807, 2.05) is 36.4 Å². The van der Waals surface area contributed by atoms with Crippen molar-refractivity contribution in [2.24, 2.45) is 5.92 Å². The van der Waals surface area contributed by atoms with Gasteiger partial charge in [0.05, 0.1) is 19.2 Å². The lowest BCUT2D eigenvalue weighted by molar-refractivity contribution is 0.176. The molecule has 0 atom stereocenters. The Bertz CT molecular complexity index is 1700. The number of ether oxygens (including phenoxy) is 3. The average molecular weight is 598 g/mol. The van der Waals surface area contributed by atoms with Crippen molar-refractivity contribution in [3.63, 3.8) is 0 Å². The van der Waals surface area contributed by atoms with Crippen LogP contribution in [0.15, 0.2) is 90.0 Å². The fourth-order valence-corrected chi connectivity index (χ4v) is 6.21. The van der Waals surface area contributed by atoms with Gasteiger partial charge in [0.25, 0.3) is 0 Å². The topological polar surface area (TPSA) is 55.9 Å². The molecule has 222 valence electrons. The lowest BCUT2D eigenvalue weighted by atomic mass is 9.99. The lowest BCUT2D eigenvalue weighted by Crippen LogP contribution is -2.34. The minimum absolute atomic E-state index is 0.125. The molecule has 0 aliphatic carbocycles. The van der Waals surface area contributed by atoms with E-state index in [-0.39, 0.29) is 5.75 Å². The molecule has 0 spiro atoms. The first kappa shape index (κ1) is 29.1. The molecule has 8 heteroatoms. The third-order valence-corrected chi connectivity index (χ3v) is 8.83. The molecule has 2 heterocycles. The summed E-state index contributed by atoms with van der Waals surface area (Å²) in [6.45, 7) is 6.28. The molecule has 0 amide bonds. The van der Waals surface area contributed by atoms with E-state index < -0.39 is 5.82 Å². The first-order valence-corrected chi connectivity index (χ1v) is 15.6. The van der Waals surface area contributed by atoms with E-state index in [4.69, 9.17) is 14.2 Å². The van der Waals surface area contributed by atoms with Crippen molar-refractivity contribution in [2.75, 3.05) is 38.1 Å². The molecule has 1 aromatic heterocycles. The second-order valence-corrected chi connectivity index (χ2v) is 11.8. The van der Waals surface area contributed by atoms with Gasteiger partial charge in [0.1, 0.15) is 5.75 Å². The number of benzene rings is 4. The Morgan fingerprint density at radius 1 is 0.907 bits per heavy atom. The van der Waals surface area contributed by atoms with E-state index in [0.29, 0.717) is 40.4 Å². The smallest absolute Gasteiger partial charge is 0.167 e. The molecule has 1 aliphatic rings. The van der Waals surface area contributed by atoms with Crippen molar-refractivity contribution in [1.82, 2.24) is 9.88 Å². The molecule has 0 radical (unpaired) electrons. The highest BCUT2D eigenvalue weighted by Gasteiger charge is 2.16. The van der Waals surface area contributed by atoms with E-state index >= 15 is 4.39 Å². The lowest BCUT2D eigenvalue weighted by Gasteiger charge is -2.30. The van der Waals surface area contributed by atoms with Gasteiger partial charge in [-0.3, -0.25) is 4.98 Å². The molecule has 0 unspecified atom stereocenters. The highest BCUT2D eigenvalue weighted by atomic mass is 32.2. The number of pyridine rings is 1. The molecule has 1 aliphatic heterocycles. The van der Waals surface area contributed by atoms with Crippen LogP contribution in [0.25, 0.3) is 21.7 Å². The summed E-state index contributed by atoms with van der Waals surface area (Å²) in [5.41, 5.74) is 1.32. The van der Waals surface area contributed by atoms with E-state index in [9.17, 15) is 0 Å². The summed E-state index contributed by atoms with van der Waals surface area (Å²) in [5.74, 6) is 2.19. The highest BCUT2D eigenvalue weighted by Crippen LogP contribution is 2.38. The standard InChI is InChI=1S/C35H36FN3O3S/c1-24-14-18-39(19-15-24)17-6-20-41-34-23-30-28(22-33(34)40-2)31(13-16-37-30)42-32-12-11-26(21-29(32)36)38-43-35-10-5-8-25-7-3-4-9-27(25)35/h3-5,7-13,16,21-24,38H,6,14-15,17-20H2,1-2H3. The predicted molar refractivity (Wildman–Crippen MR) is 173 cm³/mol. The molecule has 4 aromatic carbocycles. The Labute approximate surface area is 256 Å². The molecule has 1 N–H and O–H groups in total. The van der Waals surface area contributed by atoms with Crippen LogP contribution >= 0.6 is 11.9 Å². The first-order valence-electron chi connectivity index (χ1n) is 14.8. The number of likely N-dealkylation sites (tertiary alicyclic amines) is 1. The average Bonchev–Trinajstić information content (AvgIpc) is 3.03. The fraction of sp³-hybridized carbons (Fsp3) is 0.286. The molecule has 6 rings (SSSR count). The van der Waals surface area contributed by atoms with Crippen LogP contribution in [-0.4, -0.2) is 43.2 Å². The summed E-state index contributed by atoms with van der Waals surface area (Å²) in [6, 6.07) is 24.6. The van der Waals surface area contributed by atoms with Crippen LogP contribution in [0.5, 0.6) is 23.0 Å². The quantitative estimate of drug-likeness (QED) is 0.120. The molecule has 0 saturated carbocycles. The van der Waals surface area contributed by atoms with Crippen LogP contribution in [0.4, 0.5) is 10.1 Å². The minimum atomic E-state index is -0.469. The van der Waals surface area contributed by atoms with Gasteiger partial charge in [-0.15, -0.1) is 0 Å². The summed E-state index contributed by atoms with van der Waals surface area (Å²) in [4.78, 5) is 8.09. The number of aromatic nitrogens is 1. The molecule has 0 bridgehead atoms. The maximum absolute atomic E-state index is 15.2. The summed E-state index contributed by atoms with van der Waals surface area (Å²) in [6.07, 6.45) is 5.13. The number of rotatable bonds is 11. The van der Waals surface area contributed by atoms with Crippen LogP contribution < -0.4 is 18.9 Å². The molecule has 43 heavy (non-hydrogen) atoms.